The van der Waals surface area contributed by atoms with Crippen LogP contribution in [0.25, 0.3) is 0 Å². The fourth-order valence-electron chi connectivity index (χ4n) is 7.28. The Bertz CT molecular complexity index is 1460. The zero-order chi connectivity index (χ0) is 45.3. The lowest BCUT2D eigenvalue weighted by atomic mass is 10.1. The molecule has 18 heteroatoms. The van der Waals surface area contributed by atoms with Gasteiger partial charge in [0.15, 0.2) is 5.37 Å². The minimum absolute atomic E-state index is 0.0175. The highest BCUT2D eigenvalue weighted by Crippen LogP contribution is 2.27. The van der Waals surface area contributed by atoms with Crippen LogP contribution in [0.15, 0.2) is 0 Å². The van der Waals surface area contributed by atoms with Crippen LogP contribution in [-0.4, -0.2) is 84.2 Å². The molecule has 0 spiro atoms. The Kier molecular flexibility index (Phi) is 32.6. The number of hydrogen-bond acceptors (Lipinski definition) is 9. The van der Waals surface area contributed by atoms with Gasteiger partial charge < -0.3 is 15.5 Å². The molecule has 1 atom stereocenters. The maximum absolute atomic E-state index is 13.6. The zero-order valence-electron chi connectivity index (χ0n) is 37.3. The maximum Gasteiger partial charge on any atom is 0.306 e. The lowest BCUT2D eigenvalue weighted by Crippen LogP contribution is -2.59. The lowest BCUT2D eigenvalue weighted by molar-refractivity contribution is -0.132. The summed E-state index contributed by atoms with van der Waals surface area (Å²) in [5.41, 5.74) is 0. The fraction of sp³-hybridized carbons (Fsp3) is 0.929. The topological polar surface area (TPSA) is 242 Å². The van der Waals surface area contributed by atoms with Crippen molar-refractivity contribution in [1.82, 2.24) is 15.5 Å². The van der Waals surface area contributed by atoms with E-state index in [1.165, 1.54) is 32.1 Å². The van der Waals surface area contributed by atoms with Gasteiger partial charge in [-0.25, -0.2) is 0 Å². The van der Waals surface area contributed by atoms with Crippen LogP contribution in [-0.2, 0) is 44.7 Å². The van der Waals surface area contributed by atoms with E-state index in [0.29, 0.717) is 32.1 Å². The standard InChI is InChI=1S/C42H83N3O12S3/c1-4-7-10-13-16-18-19-21-23-26-29-33-39(47)44-42(59(52,53)54,60(55,56)57)35-31-36-45(41(48)34-30-27-24-20-17-14-11-8-5-2)37-40(58(49,50)51)43-38(46)32-28-25-22-15-12-9-6-3/h40H,4-37H2,1-3H3,(H,43,46)(H,44,47)(H,49,50,51)(H,52,53,54)(H,55,56,57). The Morgan fingerprint density at radius 1 is 0.483 bits per heavy atom. The molecule has 0 aromatic carbocycles. The predicted molar refractivity (Wildman–Crippen MR) is 239 cm³/mol. The molecule has 3 amide bonds. The second kappa shape index (κ2) is 33.7. The number of unbranched alkanes of at least 4 members (excludes halogenated alkanes) is 24. The Morgan fingerprint density at radius 2 is 0.817 bits per heavy atom. The van der Waals surface area contributed by atoms with E-state index in [1.54, 1.807) is 0 Å². The molecule has 15 nitrogen and oxygen atoms in total. The molecule has 0 radical (unpaired) electrons. The highest BCUT2D eigenvalue weighted by Gasteiger charge is 2.55. The third-order valence-corrected chi connectivity index (χ3v) is 15.6. The van der Waals surface area contributed by atoms with Gasteiger partial charge in [0, 0.05) is 32.2 Å². The fourth-order valence-corrected chi connectivity index (χ4v) is 10.3. The van der Waals surface area contributed by atoms with Crippen LogP contribution in [0.3, 0.4) is 0 Å². The van der Waals surface area contributed by atoms with E-state index in [0.717, 1.165) is 114 Å². The van der Waals surface area contributed by atoms with Crippen molar-refractivity contribution in [2.75, 3.05) is 13.1 Å². The Morgan fingerprint density at radius 3 is 1.17 bits per heavy atom. The van der Waals surface area contributed by atoms with Crippen LogP contribution in [0.5, 0.6) is 0 Å². The van der Waals surface area contributed by atoms with E-state index in [1.807, 2.05) is 5.32 Å². The molecular formula is C42H83N3O12S3. The molecule has 0 rings (SSSR count). The number of carbonyl (C=O) groups excluding carboxylic acids is 3. The normalized spacial score (nSPS) is 13.0. The third-order valence-electron chi connectivity index (χ3n) is 11.0. The van der Waals surface area contributed by atoms with Gasteiger partial charge in [-0.2, -0.15) is 25.3 Å². The second-order valence-corrected chi connectivity index (χ2v) is 21.7. The monoisotopic (exact) mass is 918 g/mol. The van der Waals surface area contributed by atoms with Crippen molar-refractivity contribution in [3.63, 3.8) is 0 Å². The van der Waals surface area contributed by atoms with Crippen LogP contribution in [0, 0.1) is 0 Å². The second-order valence-electron chi connectivity index (χ2n) is 16.5. The number of rotatable bonds is 41. The van der Waals surface area contributed by atoms with Gasteiger partial charge in [-0.3, -0.25) is 28.0 Å². The first-order valence-corrected chi connectivity index (χ1v) is 27.5. The zero-order valence-corrected chi connectivity index (χ0v) is 39.8. The quantitative estimate of drug-likeness (QED) is 0.0285. The molecule has 0 saturated carbocycles. The Hall–Kier alpha value is -1.86. The van der Waals surface area contributed by atoms with Crippen LogP contribution in [0.4, 0.5) is 0 Å². The number of hydrogen-bond donors (Lipinski definition) is 5. The first-order chi connectivity index (χ1) is 28.4. The van der Waals surface area contributed by atoms with Gasteiger partial charge >= 0.3 is 20.2 Å². The minimum Gasteiger partial charge on any atom is -0.339 e. The molecular weight excluding hydrogens is 835 g/mol. The average Bonchev–Trinajstić information content (AvgIpc) is 3.16. The lowest BCUT2D eigenvalue weighted by Gasteiger charge is -2.31. The average molecular weight is 918 g/mol. The summed E-state index contributed by atoms with van der Waals surface area (Å²) in [7, 11) is -16.4. The van der Waals surface area contributed by atoms with Crippen LogP contribution in [0.2, 0.25) is 0 Å². The molecule has 1 unspecified atom stereocenters. The molecule has 60 heavy (non-hydrogen) atoms. The summed E-state index contributed by atoms with van der Waals surface area (Å²) in [5, 5.41) is 2.18. The molecule has 5 N–H and O–H groups in total. The van der Waals surface area contributed by atoms with Gasteiger partial charge in [0.2, 0.25) is 17.7 Å². The molecule has 0 aliphatic carbocycles. The van der Waals surface area contributed by atoms with Crippen LogP contribution >= 0.6 is 0 Å². The summed E-state index contributed by atoms with van der Waals surface area (Å²) in [6.45, 7) is 5.17. The van der Waals surface area contributed by atoms with E-state index < -0.39 is 83.6 Å². The summed E-state index contributed by atoms with van der Waals surface area (Å²) in [6.07, 6.45) is 23.9. The van der Waals surface area contributed by atoms with Crippen molar-refractivity contribution in [1.29, 1.82) is 0 Å². The van der Waals surface area contributed by atoms with E-state index in [4.69, 9.17) is 0 Å². The van der Waals surface area contributed by atoms with Crippen LogP contribution in [0.1, 0.15) is 226 Å². The molecule has 0 fully saturated rings. The van der Waals surface area contributed by atoms with Gasteiger partial charge in [0.05, 0.1) is 6.54 Å². The SMILES string of the molecule is CCCCCCCCCCCCCC(=O)NC(CCCN(CC(NC(=O)CCCCCCCCC)S(=O)(=O)O)C(=O)CCCCCCCCCCC)(S(=O)(=O)O)S(=O)(=O)O. The van der Waals surface area contributed by atoms with Gasteiger partial charge in [0.25, 0.3) is 14.3 Å². The highest BCUT2D eigenvalue weighted by atomic mass is 32.3. The van der Waals surface area contributed by atoms with Crippen molar-refractivity contribution in [3.05, 3.63) is 0 Å². The summed E-state index contributed by atoms with van der Waals surface area (Å²) < 4.78 is 103. The van der Waals surface area contributed by atoms with Gasteiger partial charge in [-0.05, 0) is 25.7 Å². The Labute approximate surface area is 364 Å². The van der Waals surface area contributed by atoms with Crippen LogP contribution < -0.4 is 10.6 Å². The van der Waals surface area contributed by atoms with Crippen molar-refractivity contribution in [3.8, 4) is 0 Å². The van der Waals surface area contributed by atoms with Crippen molar-refractivity contribution >= 4 is 48.1 Å². The molecule has 0 bridgehead atoms. The largest absolute Gasteiger partial charge is 0.339 e. The maximum atomic E-state index is 13.6. The first-order valence-electron chi connectivity index (χ1n) is 23.1. The molecule has 0 aliphatic rings. The molecule has 0 aliphatic heterocycles. The molecule has 0 aromatic heterocycles. The number of carbonyl (C=O) groups is 3. The summed E-state index contributed by atoms with van der Waals surface area (Å²) in [5.74, 6) is -2.29. The van der Waals surface area contributed by atoms with Crippen molar-refractivity contribution < 1.29 is 53.3 Å². The minimum atomic E-state index is -5.73. The van der Waals surface area contributed by atoms with Gasteiger partial charge in [-0.15, -0.1) is 0 Å². The Balaban J connectivity index is 5.79. The summed E-state index contributed by atoms with van der Waals surface area (Å²) in [4.78, 5) is 40.2. The molecule has 0 aromatic rings. The van der Waals surface area contributed by atoms with E-state index in [2.05, 4.69) is 26.1 Å². The summed E-state index contributed by atoms with van der Waals surface area (Å²) in [6, 6.07) is 0. The molecule has 356 valence electrons. The van der Waals surface area contributed by atoms with Crippen molar-refractivity contribution in [2.45, 2.75) is 236 Å². The molecule has 0 saturated heterocycles. The van der Waals surface area contributed by atoms with Crippen molar-refractivity contribution in [2.24, 2.45) is 0 Å². The predicted octanol–water partition coefficient (Wildman–Crippen LogP) is 9.23. The number of nitrogens with one attached hydrogen (secondary N) is 2. The van der Waals surface area contributed by atoms with Gasteiger partial charge in [0.1, 0.15) is 0 Å². The smallest absolute Gasteiger partial charge is 0.306 e. The molecule has 0 heterocycles. The number of nitrogens with zero attached hydrogens (tertiary/aromatic N) is 1. The summed E-state index contributed by atoms with van der Waals surface area (Å²) >= 11 is 0. The highest BCUT2D eigenvalue weighted by molar-refractivity contribution is 8.05. The third kappa shape index (κ3) is 27.3. The van der Waals surface area contributed by atoms with Gasteiger partial charge in [-0.1, -0.05) is 175 Å². The first kappa shape index (κ1) is 58.1. The number of amides is 3. The van der Waals surface area contributed by atoms with E-state index in [-0.39, 0.29) is 19.3 Å². The van der Waals surface area contributed by atoms with E-state index >= 15 is 0 Å². The van der Waals surface area contributed by atoms with E-state index in [9.17, 15) is 53.3 Å².